The topological polar surface area (TPSA) is 93.1 Å². The molecule has 0 aliphatic carbocycles. The van der Waals surface area contributed by atoms with Crippen molar-refractivity contribution in [1.29, 1.82) is 0 Å². The quantitative estimate of drug-likeness (QED) is 0.804. The Labute approximate surface area is 147 Å². The molecule has 0 aromatic carbocycles. The molecule has 0 bridgehead atoms. The molecule has 0 radical (unpaired) electrons. The predicted octanol–water partition coefficient (Wildman–Crippen LogP) is 0.900. The highest BCUT2D eigenvalue weighted by Gasteiger charge is 2.22. The van der Waals surface area contributed by atoms with Gasteiger partial charge in [-0.1, -0.05) is 0 Å². The van der Waals surface area contributed by atoms with Gasteiger partial charge in [-0.25, -0.2) is 18.4 Å². The van der Waals surface area contributed by atoms with Gasteiger partial charge in [-0.3, -0.25) is 9.78 Å². The van der Waals surface area contributed by atoms with Crippen LogP contribution in [-0.4, -0.2) is 59.3 Å². The van der Waals surface area contributed by atoms with Crippen LogP contribution < -0.4 is 0 Å². The van der Waals surface area contributed by atoms with E-state index in [-0.39, 0.29) is 18.1 Å². The van der Waals surface area contributed by atoms with Crippen LogP contribution in [0, 0.1) is 0 Å². The van der Waals surface area contributed by atoms with Crippen LogP contribution in [0.15, 0.2) is 30.9 Å². The molecular weight excluding hydrogens is 340 g/mol. The molecule has 1 amide bonds. The zero-order valence-electron chi connectivity index (χ0n) is 14.1. The van der Waals surface area contributed by atoms with Gasteiger partial charge in [0.15, 0.2) is 0 Å². The van der Waals surface area contributed by atoms with Gasteiger partial charge in [-0.05, 0) is 18.6 Å². The number of rotatable bonds is 4. The molecule has 1 aliphatic rings. The molecule has 3 rings (SSSR count). The summed E-state index contributed by atoms with van der Waals surface area (Å²) < 4.78 is 22.5. The van der Waals surface area contributed by atoms with Crippen molar-refractivity contribution >= 4 is 15.7 Å². The summed E-state index contributed by atoms with van der Waals surface area (Å²) in [6.45, 7) is 1.08. The van der Waals surface area contributed by atoms with Crippen LogP contribution >= 0.6 is 0 Å². The molecule has 0 saturated heterocycles. The van der Waals surface area contributed by atoms with E-state index < -0.39 is 9.84 Å². The van der Waals surface area contributed by atoms with Crippen molar-refractivity contribution in [1.82, 2.24) is 19.9 Å². The monoisotopic (exact) mass is 360 g/mol. The number of pyridine rings is 1. The minimum Gasteiger partial charge on any atom is -0.342 e. The fourth-order valence-corrected chi connectivity index (χ4v) is 3.50. The highest BCUT2D eigenvalue weighted by atomic mass is 32.2. The minimum atomic E-state index is -3.14. The van der Waals surface area contributed by atoms with E-state index in [1.54, 1.807) is 23.6 Å². The van der Waals surface area contributed by atoms with Gasteiger partial charge in [0.1, 0.15) is 16.2 Å². The molecule has 7 nitrogen and oxygen atoms in total. The van der Waals surface area contributed by atoms with Crippen molar-refractivity contribution in [3.8, 4) is 11.3 Å². The maximum atomic E-state index is 12.3. The highest BCUT2D eigenvalue weighted by Crippen LogP contribution is 2.25. The van der Waals surface area contributed by atoms with E-state index in [0.717, 1.165) is 28.8 Å². The molecule has 2 aromatic rings. The number of nitrogens with zero attached hydrogens (tertiary/aromatic N) is 4. The Kier molecular flexibility index (Phi) is 5.08. The first-order valence-corrected chi connectivity index (χ1v) is 10.2. The Morgan fingerprint density at radius 1 is 1.24 bits per heavy atom. The van der Waals surface area contributed by atoms with Crippen molar-refractivity contribution in [2.45, 2.75) is 19.3 Å². The number of hydrogen-bond donors (Lipinski definition) is 0. The zero-order chi connectivity index (χ0) is 17.9. The summed E-state index contributed by atoms with van der Waals surface area (Å²) in [5.41, 5.74) is 3.75. The number of carbonyl (C=O) groups excluding carboxylic acids is 1. The third-order valence-electron chi connectivity index (χ3n) is 4.26. The second-order valence-corrected chi connectivity index (χ2v) is 8.41. The van der Waals surface area contributed by atoms with Crippen molar-refractivity contribution in [2.24, 2.45) is 0 Å². The lowest BCUT2D eigenvalue weighted by atomic mass is 10.0. The summed E-state index contributed by atoms with van der Waals surface area (Å²) >= 11 is 0. The van der Waals surface area contributed by atoms with E-state index in [1.165, 1.54) is 0 Å². The minimum absolute atomic E-state index is 0.0241. The lowest BCUT2D eigenvalue weighted by molar-refractivity contribution is -0.130. The first kappa shape index (κ1) is 17.5. The molecule has 0 fully saturated rings. The standard InChI is InChI=1S/C17H20N4O3S/c1-25(23,24)10-6-16(22)21-8-4-14-15(5-9-21)19-12-20-17(14)13-3-2-7-18-11-13/h2-3,7,11-12H,4-6,8-10H2,1H3. The summed E-state index contributed by atoms with van der Waals surface area (Å²) in [4.78, 5) is 27.0. The van der Waals surface area contributed by atoms with Crippen LogP contribution in [0.5, 0.6) is 0 Å². The normalized spacial score (nSPS) is 14.7. The molecule has 0 atom stereocenters. The molecule has 2 aromatic heterocycles. The zero-order valence-corrected chi connectivity index (χ0v) is 14.9. The Hall–Kier alpha value is -2.35. The van der Waals surface area contributed by atoms with Gasteiger partial charge in [-0.15, -0.1) is 0 Å². The van der Waals surface area contributed by atoms with Gasteiger partial charge in [0.05, 0.1) is 11.4 Å². The van der Waals surface area contributed by atoms with E-state index in [1.807, 2.05) is 12.1 Å². The lowest BCUT2D eigenvalue weighted by Gasteiger charge is -2.19. The SMILES string of the molecule is CS(=O)(=O)CCC(=O)N1CCc2ncnc(-c3cccnc3)c2CC1. The molecule has 3 heterocycles. The van der Waals surface area contributed by atoms with Crippen LogP contribution in [0.3, 0.4) is 0 Å². The molecule has 8 heteroatoms. The molecule has 0 saturated carbocycles. The highest BCUT2D eigenvalue weighted by molar-refractivity contribution is 7.90. The number of sulfone groups is 1. The smallest absolute Gasteiger partial charge is 0.223 e. The Morgan fingerprint density at radius 2 is 2.04 bits per heavy atom. The van der Waals surface area contributed by atoms with Gasteiger partial charge in [-0.2, -0.15) is 0 Å². The average molecular weight is 360 g/mol. The summed E-state index contributed by atoms with van der Waals surface area (Å²) in [7, 11) is -3.14. The van der Waals surface area contributed by atoms with Crippen LogP contribution in [0.2, 0.25) is 0 Å². The van der Waals surface area contributed by atoms with Crippen LogP contribution in [0.1, 0.15) is 17.7 Å². The van der Waals surface area contributed by atoms with E-state index >= 15 is 0 Å². The molecular formula is C17H20N4O3S. The second kappa shape index (κ2) is 7.26. The van der Waals surface area contributed by atoms with Crippen molar-refractivity contribution < 1.29 is 13.2 Å². The van der Waals surface area contributed by atoms with Gasteiger partial charge >= 0.3 is 0 Å². The number of carbonyl (C=O) groups is 1. The van der Waals surface area contributed by atoms with Crippen molar-refractivity contribution in [3.05, 3.63) is 42.1 Å². The van der Waals surface area contributed by atoms with Crippen molar-refractivity contribution in [3.63, 3.8) is 0 Å². The fraction of sp³-hybridized carbons (Fsp3) is 0.412. The first-order valence-electron chi connectivity index (χ1n) is 8.13. The number of aromatic nitrogens is 3. The van der Waals surface area contributed by atoms with Crippen LogP contribution in [0.25, 0.3) is 11.3 Å². The lowest BCUT2D eigenvalue weighted by Crippen LogP contribution is -2.34. The van der Waals surface area contributed by atoms with E-state index in [0.29, 0.717) is 25.9 Å². The molecule has 1 aliphatic heterocycles. The molecule has 0 unspecified atom stereocenters. The fourth-order valence-electron chi connectivity index (χ4n) is 2.96. The third kappa shape index (κ3) is 4.39. The largest absolute Gasteiger partial charge is 0.342 e. The molecule has 132 valence electrons. The summed E-state index contributed by atoms with van der Waals surface area (Å²) in [6, 6.07) is 3.82. The Bertz CT molecular complexity index is 869. The Balaban J connectivity index is 1.78. The number of hydrogen-bond acceptors (Lipinski definition) is 6. The van der Waals surface area contributed by atoms with E-state index in [2.05, 4.69) is 15.0 Å². The van der Waals surface area contributed by atoms with Crippen LogP contribution in [0.4, 0.5) is 0 Å². The number of amides is 1. The summed E-state index contributed by atoms with van der Waals surface area (Å²) in [6.07, 6.45) is 7.47. The first-order chi connectivity index (χ1) is 11.9. The maximum Gasteiger partial charge on any atom is 0.223 e. The third-order valence-corrected chi connectivity index (χ3v) is 5.20. The second-order valence-electron chi connectivity index (χ2n) is 6.15. The van der Waals surface area contributed by atoms with Gasteiger partial charge in [0, 0.05) is 61.4 Å². The molecule has 0 N–H and O–H groups in total. The maximum absolute atomic E-state index is 12.3. The van der Waals surface area contributed by atoms with Gasteiger partial charge in [0.2, 0.25) is 5.91 Å². The van der Waals surface area contributed by atoms with E-state index in [4.69, 9.17) is 0 Å². The van der Waals surface area contributed by atoms with Gasteiger partial charge in [0.25, 0.3) is 0 Å². The van der Waals surface area contributed by atoms with Crippen molar-refractivity contribution in [2.75, 3.05) is 25.1 Å². The summed E-state index contributed by atoms with van der Waals surface area (Å²) in [5, 5.41) is 0. The van der Waals surface area contributed by atoms with E-state index in [9.17, 15) is 13.2 Å². The average Bonchev–Trinajstić information content (AvgIpc) is 2.82. The van der Waals surface area contributed by atoms with Gasteiger partial charge < -0.3 is 4.90 Å². The number of fused-ring (bicyclic) bond motifs is 1. The van der Waals surface area contributed by atoms with Crippen LogP contribution in [-0.2, 0) is 27.5 Å². The molecule has 25 heavy (non-hydrogen) atoms. The summed E-state index contributed by atoms with van der Waals surface area (Å²) in [5.74, 6) is -0.246. The Morgan fingerprint density at radius 3 is 2.76 bits per heavy atom. The predicted molar refractivity (Wildman–Crippen MR) is 93.6 cm³/mol. The molecule has 0 spiro atoms.